The van der Waals surface area contributed by atoms with E-state index in [9.17, 15) is 4.79 Å². The highest BCUT2D eigenvalue weighted by molar-refractivity contribution is 5.79. The lowest BCUT2D eigenvalue weighted by atomic mass is 9.97. The van der Waals surface area contributed by atoms with Crippen molar-refractivity contribution in [3.8, 4) is 17.3 Å². The van der Waals surface area contributed by atoms with Crippen molar-refractivity contribution < 1.29 is 9.53 Å². The molecule has 0 aliphatic carbocycles. The van der Waals surface area contributed by atoms with Crippen LogP contribution in [0, 0.1) is 0 Å². The van der Waals surface area contributed by atoms with Gasteiger partial charge in [0.25, 0.3) is 0 Å². The Kier molecular flexibility index (Phi) is 5.51. The molecule has 0 radical (unpaired) electrons. The topological polar surface area (TPSA) is 119 Å². The number of methoxy groups -OCH3 is 1. The van der Waals surface area contributed by atoms with Crippen molar-refractivity contribution in [1.82, 2.24) is 35.4 Å². The molecule has 0 saturated carbocycles. The molecule has 3 aromatic rings. The van der Waals surface area contributed by atoms with Crippen molar-refractivity contribution >= 4 is 23.9 Å². The average molecular weight is 432 g/mol. The third-order valence-electron chi connectivity index (χ3n) is 5.73. The molecule has 32 heavy (non-hydrogen) atoms. The second-order valence-corrected chi connectivity index (χ2v) is 7.75. The van der Waals surface area contributed by atoms with E-state index in [0.29, 0.717) is 23.6 Å². The van der Waals surface area contributed by atoms with Gasteiger partial charge < -0.3 is 25.5 Å². The molecule has 0 spiro atoms. The number of carbonyl (C=O) groups is 1. The monoisotopic (exact) mass is 432 g/mol. The van der Waals surface area contributed by atoms with Gasteiger partial charge in [-0.3, -0.25) is 4.68 Å². The first-order valence-corrected chi connectivity index (χ1v) is 10.6. The van der Waals surface area contributed by atoms with Gasteiger partial charge in [-0.15, -0.1) is 0 Å². The quantitative estimate of drug-likeness (QED) is 0.504. The number of fused-ring (bicyclic) bond motifs is 1. The first kappa shape index (κ1) is 20.1. The number of hydrogen-bond donors (Lipinski definition) is 3. The predicted octanol–water partition coefficient (Wildman–Crippen LogP) is 2.23. The Balaban J connectivity index is 1.51. The fraction of sp³-hybridized carbons (Fsp3) is 0.318. The average Bonchev–Trinajstić information content (AvgIpc) is 3.32. The lowest BCUT2D eigenvalue weighted by molar-refractivity contribution is -0.109. The molecule has 10 heteroatoms. The molecule has 5 rings (SSSR count). The van der Waals surface area contributed by atoms with Gasteiger partial charge in [-0.25, -0.2) is 15.0 Å². The van der Waals surface area contributed by atoms with E-state index in [0.717, 1.165) is 54.6 Å². The van der Waals surface area contributed by atoms with Crippen LogP contribution in [0.15, 0.2) is 37.1 Å². The number of nitrogens with one attached hydrogen (secondary N) is 3. The van der Waals surface area contributed by atoms with Crippen LogP contribution in [-0.4, -0.2) is 51.2 Å². The number of hydrogen-bond acceptors (Lipinski definition) is 9. The van der Waals surface area contributed by atoms with E-state index in [1.54, 1.807) is 24.8 Å². The van der Waals surface area contributed by atoms with Crippen LogP contribution < -0.4 is 20.7 Å². The number of aromatic nitrogens is 5. The number of piperidine rings is 1. The number of aldehydes is 1. The molecule has 10 nitrogen and oxygen atoms in total. The predicted molar refractivity (Wildman–Crippen MR) is 119 cm³/mol. The molecular weight excluding hydrogens is 408 g/mol. The van der Waals surface area contributed by atoms with Gasteiger partial charge in [0.1, 0.15) is 18.1 Å². The molecule has 1 atom stereocenters. The molecule has 5 heterocycles. The number of nitrogens with zero attached hydrogens (tertiary/aromatic N) is 5. The molecule has 2 aliphatic rings. The highest BCUT2D eigenvalue weighted by atomic mass is 16.5. The van der Waals surface area contributed by atoms with Crippen LogP contribution in [-0.2, 0) is 4.79 Å². The maximum Gasteiger partial charge on any atom is 0.316 e. The first-order valence-electron chi connectivity index (χ1n) is 10.6. The first-order chi connectivity index (χ1) is 15.7. The Morgan fingerprint density at radius 3 is 2.78 bits per heavy atom. The highest BCUT2D eigenvalue weighted by Crippen LogP contribution is 2.34. The van der Waals surface area contributed by atoms with Crippen LogP contribution in [0.25, 0.3) is 17.3 Å². The molecule has 0 aromatic carbocycles. The molecule has 3 N–H and O–H groups in total. The summed E-state index contributed by atoms with van der Waals surface area (Å²) in [6.45, 7) is 1.99. The molecule has 1 fully saturated rings. The third-order valence-corrected chi connectivity index (χ3v) is 5.73. The van der Waals surface area contributed by atoms with Gasteiger partial charge in [-0.05, 0) is 49.8 Å². The van der Waals surface area contributed by atoms with Crippen LogP contribution in [0.4, 0.5) is 11.5 Å². The molecule has 0 bridgehead atoms. The molecule has 164 valence electrons. The minimum Gasteiger partial charge on any atom is -0.467 e. The largest absolute Gasteiger partial charge is 0.467 e. The summed E-state index contributed by atoms with van der Waals surface area (Å²) in [5.41, 5.74) is 3.94. The summed E-state index contributed by atoms with van der Waals surface area (Å²) in [7, 11) is 1.52. The summed E-state index contributed by atoms with van der Waals surface area (Å²) in [6, 6.07) is 2.10. The van der Waals surface area contributed by atoms with Crippen molar-refractivity contribution in [3.63, 3.8) is 0 Å². The summed E-state index contributed by atoms with van der Waals surface area (Å²) in [5, 5.41) is 14.4. The Morgan fingerprint density at radius 1 is 1.22 bits per heavy atom. The van der Waals surface area contributed by atoms with Crippen LogP contribution in [0.1, 0.15) is 36.1 Å². The minimum absolute atomic E-state index is 0.292. The number of carbonyl (C=O) groups excluding carboxylic acids is 1. The van der Waals surface area contributed by atoms with Gasteiger partial charge in [0.15, 0.2) is 0 Å². The lowest BCUT2D eigenvalue weighted by Gasteiger charge is -2.23. The summed E-state index contributed by atoms with van der Waals surface area (Å²) in [6.07, 6.45) is 13.8. The molecule has 0 amide bonds. The van der Waals surface area contributed by atoms with Crippen molar-refractivity contribution in [3.05, 3.63) is 48.2 Å². The number of anilines is 2. The fourth-order valence-electron chi connectivity index (χ4n) is 4.08. The highest BCUT2D eigenvalue weighted by Gasteiger charge is 2.24. The van der Waals surface area contributed by atoms with Gasteiger partial charge in [0.05, 0.1) is 30.7 Å². The normalized spacial score (nSPS) is 18.0. The van der Waals surface area contributed by atoms with E-state index in [4.69, 9.17) is 9.72 Å². The van der Waals surface area contributed by atoms with Crippen LogP contribution >= 0.6 is 0 Å². The maximum absolute atomic E-state index is 11.8. The zero-order valence-corrected chi connectivity index (χ0v) is 17.7. The third kappa shape index (κ3) is 3.92. The Morgan fingerprint density at radius 2 is 2.03 bits per heavy atom. The Hall–Kier alpha value is -3.79. The summed E-state index contributed by atoms with van der Waals surface area (Å²) < 4.78 is 7.06. The van der Waals surface area contributed by atoms with Gasteiger partial charge >= 0.3 is 6.01 Å². The van der Waals surface area contributed by atoms with Crippen LogP contribution in [0.5, 0.6) is 6.01 Å². The second kappa shape index (κ2) is 8.75. The molecule has 1 saturated heterocycles. The number of rotatable bonds is 6. The fourth-order valence-corrected chi connectivity index (χ4v) is 4.08. The molecule has 3 aromatic heterocycles. The van der Waals surface area contributed by atoms with Gasteiger partial charge in [-0.1, -0.05) is 0 Å². The van der Waals surface area contributed by atoms with Crippen molar-refractivity contribution in [2.24, 2.45) is 0 Å². The zero-order valence-electron chi connectivity index (χ0n) is 17.7. The Bertz CT molecular complexity index is 1140. The van der Waals surface area contributed by atoms with Crippen molar-refractivity contribution in [2.45, 2.75) is 24.9 Å². The smallest absolute Gasteiger partial charge is 0.316 e. The molecule has 1 unspecified atom stereocenters. The van der Waals surface area contributed by atoms with E-state index in [-0.39, 0.29) is 0 Å². The van der Waals surface area contributed by atoms with E-state index in [1.807, 2.05) is 23.0 Å². The van der Waals surface area contributed by atoms with Crippen LogP contribution in [0.2, 0.25) is 0 Å². The van der Waals surface area contributed by atoms with Gasteiger partial charge in [-0.2, -0.15) is 5.10 Å². The number of ether oxygens (including phenoxy) is 1. The molecule has 2 aliphatic heterocycles. The van der Waals surface area contributed by atoms with Crippen molar-refractivity contribution in [1.29, 1.82) is 0 Å². The second-order valence-electron chi connectivity index (χ2n) is 7.75. The minimum atomic E-state index is -0.495. The van der Waals surface area contributed by atoms with E-state index < -0.39 is 6.04 Å². The van der Waals surface area contributed by atoms with Gasteiger partial charge in [0.2, 0.25) is 0 Å². The summed E-state index contributed by atoms with van der Waals surface area (Å²) in [4.78, 5) is 24.9. The van der Waals surface area contributed by atoms with Gasteiger partial charge in [0, 0.05) is 29.7 Å². The summed E-state index contributed by atoms with van der Waals surface area (Å²) in [5.74, 6) is 0.590. The molecular formula is C22H24N8O2. The SMILES string of the molecule is COc1ncc(-c2cc3c(c(Nc4cnn(C5CCNCC5)c4)n2)C(C=O)NC=C3)cn1. The van der Waals surface area contributed by atoms with Crippen LogP contribution in [0.3, 0.4) is 0 Å². The maximum atomic E-state index is 11.8. The van der Waals surface area contributed by atoms with E-state index in [1.165, 1.54) is 7.11 Å². The van der Waals surface area contributed by atoms with E-state index >= 15 is 0 Å². The zero-order chi connectivity index (χ0) is 21.9. The summed E-state index contributed by atoms with van der Waals surface area (Å²) >= 11 is 0. The standard InChI is InChI=1S/C22H24N8O2/c1-32-22-25-9-15(10-26-22)18-8-14-2-7-24-19(13-31)20(14)21(29-18)28-16-11-27-30(12-16)17-3-5-23-6-4-17/h2,7-13,17,19,23-24H,3-6H2,1H3,(H,28,29). The number of pyridine rings is 1. The van der Waals surface area contributed by atoms with E-state index in [2.05, 4.69) is 31.0 Å². The lowest BCUT2D eigenvalue weighted by Crippen LogP contribution is -2.29. The Labute approximate surface area is 185 Å². The van der Waals surface area contributed by atoms with Crippen molar-refractivity contribution in [2.75, 3.05) is 25.5 Å².